The SMILES string of the molecule is C#Cc1nc(-c2ccc(=O)n(C(C)C3CC3)c2)cnc1N(C(=O)OC(C)(C)C)C(=O)OC(C)(C)C. The molecule has 186 valence electrons. The van der Waals surface area contributed by atoms with E-state index in [2.05, 4.69) is 15.9 Å². The van der Waals surface area contributed by atoms with Crippen LogP contribution in [0.25, 0.3) is 11.3 Å². The van der Waals surface area contributed by atoms with Crippen molar-refractivity contribution in [3.63, 3.8) is 0 Å². The fourth-order valence-corrected chi connectivity index (χ4v) is 3.42. The van der Waals surface area contributed by atoms with E-state index in [4.69, 9.17) is 15.9 Å². The first-order chi connectivity index (χ1) is 16.2. The van der Waals surface area contributed by atoms with Crippen molar-refractivity contribution in [3.8, 4) is 23.6 Å². The largest absolute Gasteiger partial charge is 0.443 e. The normalized spacial score (nSPS) is 14.6. The Morgan fingerprint density at radius 3 is 2.17 bits per heavy atom. The summed E-state index contributed by atoms with van der Waals surface area (Å²) in [5.41, 5.74) is -0.886. The zero-order valence-electron chi connectivity index (χ0n) is 21.3. The van der Waals surface area contributed by atoms with E-state index >= 15 is 0 Å². The van der Waals surface area contributed by atoms with Gasteiger partial charge in [0.05, 0.1) is 11.9 Å². The lowest BCUT2D eigenvalue weighted by Crippen LogP contribution is -2.44. The highest BCUT2D eigenvalue weighted by Crippen LogP contribution is 2.39. The molecule has 1 aliphatic carbocycles. The molecule has 35 heavy (non-hydrogen) atoms. The van der Waals surface area contributed by atoms with Crippen LogP contribution in [0.4, 0.5) is 15.4 Å². The van der Waals surface area contributed by atoms with E-state index < -0.39 is 23.4 Å². The van der Waals surface area contributed by atoms with Crippen molar-refractivity contribution in [3.05, 3.63) is 40.6 Å². The second-order valence-corrected chi connectivity index (χ2v) is 10.6. The number of anilines is 1. The first kappa shape index (κ1) is 25.9. The average molecular weight is 481 g/mol. The number of pyridine rings is 1. The first-order valence-corrected chi connectivity index (χ1v) is 11.5. The molecular formula is C26H32N4O5. The molecular weight excluding hydrogens is 448 g/mol. The van der Waals surface area contributed by atoms with Gasteiger partial charge in [-0.3, -0.25) is 4.79 Å². The molecule has 1 atom stereocenters. The highest BCUT2D eigenvalue weighted by Gasteiger charge is 2.35. The molecule has 1 fully saturated rings. The summed E-state index contributed by atoms with van der Waals surface area (Å²) in [6.45, 7) is 12.1. The number of amides is 2. The van der Waals surface area contributed by atoms with Crippen LogP contribution in [-0.4, -0.2) is 37.9 Å². The molecule has 9 heteroatoms. The van der Waals surface area contributed by atoms with Gasteiger partial charge in [-0.2, -0.15) is 4.90 Å². The number of carbonyl (C=O) groups excluding carboxylic acids is 2. The maximum absolute atomic E-state index is 13.0. The summed E-state index contributed by atoms with van der Waals surface area (Å²) in [6, 6.07) is 3.19. The lowest BCUT2D eigenvalue weighted by Gasteiger charge is -2.28. The Bertz CT molecular complexity index is 1200. The standard InChI is InChI=1S/C26H32N4O5/c1-9-19-22(30(23(32)34-25(3,4)5)24(33)35-26(6,7)8)27-14-20(28-19)18-12-13-21(31)29(15-18)16(2)17-10-11-17/h1,12-17H,10-11H2,2-8H3. The zero-order chi connectivity index (χ0) is 26.1. The Kier molecular flexibility index (Phi) is 7.06. The van der Waals surface area contributed by atoms with E-state index in [9.17, 15) is 14.4 Å². The quantitative estimate of drug-likeness (QED) is 0.571. The second-order valence-electron chi connectivity index (χ2n) is 10.6. The number of ether oxygens (including phenoxy) is 2. The second kappa shape index (κ2) is 9.53. The van der Waals surface area contributed by atoms with E-state index in [-0.39, 0.29) is 23.1 Å². The summed E-state index contributed by atoms with van der Waals surface area (Å²) >= 11 is 0. The molecule has 0 aromatic carbocycles. The van der Waals surface area contributed by atoms with Crippen LogP contribution in [-0.2, 0) is 9.47 Å². The van der Waals surface area contributed by atoms with E-state index in [1.807, 2.05) is 6.92 Å². The van der Waals surface area contributed by atoms with Crippen LogP contribution in [0.2, 0.25) is 0 Å². The summed E-state index contributed by atoms with van der Waals surface area (Å²) in [5.74, 6) is 2.70. The van der Waals surface area contributed by atoms with Crippen LogP contribution in [0.5, 0.6) is 0 Å². The molecule has 0 aliphatic heterocycles. The fraction of sp³-hybridized carbons (Fsp3) is 0.500. The van der Waals surface area contributed by atoms with E-state index in [1.165, 1.54) is 12.3 Å². The van der Waals surface area contributed by atoms with Crippen molar-refractivity contribution in [2.45, 2.75) is 78.6 Å². The number of hydrogen-bond acceptors (Lipinski definition) is 7. The minimum absolute atomic E-state index is 0.0489. The highest BCUT2D eigenvalue weighted by molar-refractivity contribution is 6.09. The molecule has 3 rings (SSSR count). The van der Waals surface area contributed by atoms with Crippen molar-refractivity contribution in [1.29, 1.82) is 0 Å². The molecule has 1 unspecified atom stereocenters. The third-order valence-corrected chi connectivity index (χ3v) is 5.23. The molecule has 0 radical (unpaired) electrons. The molecule has 1 aliphatic rings. The lowest BCUT2D eigenvalue weighted by atomic mass is 10.1. The maximum Gasteiger partial charge on any atom is 0.425 e. The van der Waals surface area contributed by atoms with Gasteiger partial charge >= 0.3 is 12.2 Å². The van der Waals surface area contributed by atoms with Gasteiger partial charge < -0.3 is 14.0 Å². The smallest absolute Gasteiger partial charge is 0.425 e. The van der Waals surface area contributed by atoms with Gasteiger partial charge in [-0.15, -0.1) is 6.42 Å². The van der Waals surface area contributed by atoms with Gasteiger partial charge in [-0.05, 0) is 79.2 Å². The molecule has 2 heterocycles. The summed E-state index contributed by atoms with van der Waals surface area (Å²) < 4.78 is 12.5. The van der Waals surface area contributed by atoms with Crippen LogP contribution < -0.4 is 10.5 Å². The van der Waals surface area contributed by atoms with Crippen LogP contribution in [0, 0.1) is 18.3 Å². The van der Waals surface area contributed by atoms with Crippen molar-refractivity contribution < 1.29 is 19.1 Å². The molecule has 1 saturated carbocycles. The predicted molar refractivity (Wildman–Crippen MR) is 132 cm³/mol. The average Bonchev–Trinajstić information content (AvgIpc) is 3.57. The van der Waals surface area contributed by atoms with E-state index in [1.54, 1.807) is 58.4 Å². The van der Waals surface area contributed by atoms with Crippen molar-refractivity contribution in [2.24, 2.45) is 5.92 Å². The van der Waals surface area contributed by atoms with Crippen LogP contribution >= 0.6 is 0 Å². The molecule has 0 spiro atoms. The number of hydrogen-bond donors (Lipinski definition) is 0. The molecule has 0 N–H and O–H groups in total. The number of terminal acetylenes is 1. The van der Waals surface area contributed by atoms with Gasteiger partial charge in [0.25, 0.3) is 5.56 Å². The van der Waals surface area contributed by atoms with Gasteiger partial charge in [0.1, 0.15) is 11.2 Å². The van der Waals surface area contributed by atoms with Gasteiger partial charge in [0.2, 0.25) is 0 Å². The predicted octanol–water partition coefficient (Wildman–Crippen LogP) is 4.93. The number of nitrogens with zero attached hydrogens (tertiary/aromatic N) is 4. The van der Waals surface area contributed by atoms with Crippen LogP contribution in [0.1, 0.15) is 73.0 Å². The zero-order valence-corrected chi connectivity index (χ0v) is 21.3. The topological polar surface area (TPSA) is 104 Å². The van der Waals surface area contributed by atoms with Crippen molar-refractivity contribution in [2.75, 3.05) is 4.90 Å². The number of imide groups is 1. The minimum atomic E-state index is -0.989. The van der Waals surface area contributed by atoms with Gasteiger partial charge in [-0.1, -0.05) is 0 Å². The molecule has 0 bridgehead atoms. The summed E-state index contributed by atoms with van der Waals surface area (Å²) in [7, 11) is 0. The summed E-state index contributed by atoms with van der Waals surface area (Å²) in [5, 5.41) is 0. The fourth-order valence-electron chi connectivity index (χ4n) is 3.42. The number of carbonyl (C=O) groups is 2. The Morgan fingerprint density at radius 1 is 1.11 bits per heavy atom. The van der Waals surface area contributed by atoms with E-state index in [0.717, 1.165) is 12.8 Å². The van der Waals surface area contributed by atoms with E-state index in [0.29, 0.717) is 22.1 Å². The molecule has 9 nitrogen and oxygen atoms in total. The molecule has 2 aromatic heterocycles. The lowest BCUT2D eigenvalue weighted by molar-refractivity contribution is 0.0428. The van der Waals surface area contributed by atoms with Crippen LogP contribution in [0.15, 0.2) is 29.3 Å². The van der Waals surface area contributed by atoms with Gasteiger partial charge in [-0.25, -0.2) is 19.6 Å². The third kappa shape index (κ3) is 6.47. The third-order valence-electron chi connectivity index (χ3n) is 5.23. The first-order valence-electron chi connectivity index (χ1n) is 11.5. The Labute approximate surface area is 205 Å². The molecule has 0 saturated heterocycles. The van der Waals surface area contributed by atoms with Gasteiger partial charge in [0.15, 0.2) is 11.5 Å². The maximum atomic E-state index is 13.0. The molecule has 2 amide bonds. The van der Waals surface area contributed by atoms with Crippen molar-refractivity contribution >= 4 is 18.0 Å². The van der Waals surface area contributed by atoms with Gasteiger partial charge in [0, 0.05) is 23.9 Å². The summed E-state index contributed by atoms with van der Waals surface area (Å²) in [4.78, 5) is 47.8. The highest BCUT2D eigenvalue weighted by atomic mass is 16.6. The molecule has 2 aromatic rings. The Morgan fingerprint density at radius 2 is 1.69 bits per heavy atom. The monoisotopic (exact) mass is 480 g/mol. The summed E-state index contributed by atoms with van der Waals surface area (Å²) in [6.07, 6.45) is 9.04. The number of rotatable bonds is 4. The number of aromatic nitrogens is 3. The van der Waals surface area contributed by atoms with Crippen molar-refractivity contribution in [1.82, 2.24) is 14.5 Å². The van der Waals surface area contributed by atoms with Crippen LogP contribution in [0.3, 0.4) is 0 Å². The minimum Gasteiger partial charge on any atom is -0.443 e. The Hall–Kier alpha value is -3.67. The Balaban J connectivity index is 2.04.